The molecule has 2 N–H and O–H groups in total. The Hall–Kier alpha value is -1.24. The van der Waals surface area contributed by atoms with Gasteiger partial charge < -0.3 is 20.1 Å². The van der Waals surface area contributed by atoms with E-state index in [2.05, 4.69) is 47.0 Å². The fourth-order valence-corrected chi connectivity index (χ4v) is 3.45. The summed E-state index contributed by atoms with van der Waals surface area (Å²) in [5, 5.41) is 6.73. The molecule has 5 nitrogen and oxygen atoms in total. The highest BCUT2D eigenvalue weighted by atomic mass is 32.2. The van der Waals surface area contributed by atoms with Crippen molar-refractivity contribution in [2.45, 2.75) is 31.2 Å². The first-order valence-electron chi connectivity index (χ1n) is 8.96. The zero-order chi connectivity index (χ0) is 17.9. The van der Waals surface area contributed by atoms with E-state index in [-0.39, 0.29) is 0 Å². The SMILES string of the molecule is CN=C(NCCCOCC1CCOC1)NCc1ccc(C)cc1SC. The quantitative estimate of drug-likeness (QED) is 0.305. The van der Waals surface area contributed by atoms with Crippen molar-refractivity contribution in [3.05, 3.63) is 29.3 Å². The van der Waals surface area contributed by atoms with Crippen LogP contribution in [-0.4, -0.2) is 52.2 Å². The molecule has 1 unspecified atom stereocenters. The normalized spacial score (nSPS) is 17.7. The number of thioether (sulfide) groups is 1. The van der Waals surface area contributed by atoms with Gasteiger partial charge in [-0.1, -0.05) is 12.1 Å². The highest BCUT2D eigenvalue weighted by Gasteiger charge is 2.15. The van der Waals surface area contributed by atoms with Crippen LogP contribution in [0.3, 0.4) is 0 Å². The van der Waals surface area contributed by atoms with Crippen LogP contribution in [0.1, 0.15) is 24.0 Å². The lowest BCUT2D eigenvalue weighted by Gasteiger charge is -2.14. The van der Waals surface area contributed by atoms with Gasteiger partial charge in [0.05, 0.1) is 13.2 Å². The minimum absolute atomic E-state index is 0.586. The number of guanidine groups is 1. The molecular formula is C19H31N3O2S. The number of nitrogens with zero attached hydrogens (tertiary/aromatic N) is 1. The largest absolute Gasteiger partial charge is 0.381 e. The van der Waals surface area contributed by atoms with E-state index in [1.165, 1.54) is 16.0 Å². The van der Waals surface area contributed by atoms with Gasteiger partial charge in [-0.05, 0) is 43.2 Å². The maximum absolute atomic E-state index is 5.72. The average molecular weight is 366 g/mol. The molecule has 0 aliphatic carbocycles. The summed E-state index contributed by atoms with van der Waals surface area (Å²) in [6, 6.07) is 6.56. The average Bonchev–Trinajstić information content (AvgIpc) is 3.14. The number of ether oxygens (including phenoxy) is 2. The van der Waals surface area contributed by atoms with Crippen LogP contribution in [0.5, 0.6) is 0 Å². The van der Waals surface area contributed by atoms with Crippen molar-refractivity contribution in [3.63, 3.8) is 0 Å². The molecule has 1 heterocycles. The molecule has 0 aromatic heterocycles. The van der Waals surface area contributed by atoms with E-state index in [9.17, 15) is 0 Å². The van der Waals surface area contributed by atoms with Crippen molar-refractivity contribution in [1.29, 1.82) is 0 Å². The molecule has 140 valence electrons. The maximum atomic E-state index is 5.72. The lowest BCUT2D eigenvalue weighted by molar-refractivity contribution is 0.0888. The van der Waals surface area contributed by atoms with Crippen molar-refractivity contribution in [3.8, 4) is 0 Å². The Bertz CT molecular complexity index is 545. The molecule has 25 heavy (non-hydrogen) atoms. The molecule has 1 saturated heterocycles. The number of hydrogen-bond donors (Lipinski definition) is 2. The molecule has 0 bridgehead atoms. The Labute approximate surface area is 156 Å². The van der Waals surface area contributed by atoms with Gasteiger partial charge in [-0.3, -0.25) is 4.99 Å². The van der Waals surface area contributed by atoms with Gasteiger partial charge in [-0.15, -0.1) is 11.8 Å². The van der Waals surface area contributed by atoms with Crippen LogP contribution in [-0.2, 0) is 16.0 Å². The Kier molecular flexibility index (Phi) is 9.15. The second kappa shape index (κ2) is 11.4. The fraction of sp³-hybridized carbons (Fsp3) is 0.632. The zero-order valence-corrected chi connectivity index (χ0v) is 16.5. The van der Waals surface area contributed by atoms with Gasteiger partial charge in [-0.2, -0.15) is 0 Å². The number of aliphatic imine (C=N–C) groups is 1. The number of nitrogens with one attached hydrogen (secondary N) is 2. The second-order valence-corrected chi connectivity index (χ2v) is 7.17. The van der Waals surface area contributed by atoms with Crippen molar-refractivity contribution >= 4 is 17.7 Å². The summed E-state index contributed by atoms with van der Waals surface area (Å²) in [4.78, 5) is 5.60. The van der Waals surface area contributed by atoms with Gasteiger partial charge in [0.2, 0.25) is 0 Å². The standard InChI is InChI=1S/C19H31N3O2S/c1-15-5-6-17(18(11-15)25-3)12-22-19(20-2)21-8-4-9-23-13-16-7-10-24-14-16/h5-6,11,16H,4,7-10,12-14H2,1-3H3,(H2,20,21,22). The fourth-order valence-electron chi connectivity index (χ4n) is 2.74. The minimum atomic E-state index is 0.586. The van der Waals surface area contributed by atoms with Crippen molar-refractivity contribution in [1.82, 2.24) is 10.6 Å². The van der Waals surface area contributed by atoms with Gasteiger partial charge in [0.1, 0.15) is 0 Å². The minimum Gasteiger partial charge on any atom is -0.381 e. The lowest BCUT2D eigenvalue weighted by atomic mass is 10.1. The summed E-state index contributed by atoms with van der Waals surface area (Å²) < 4.78 is 11.1. The van der Waals surface area contributed by atoms with Crippen molar-refractivity contribution in [2.24, 2.45) is 10.9 Å². The molecule has 1 aliphatic heterocycles. The molecule has 0 radical (unpaired) electrons. The molecule has 1 aromatic carbocycles. The highest BCUT2D eigenvalue weighted by Crippen LogP contribution is 2.21. The monoisotopic (exact) mass is 365 g/mol. The second-order valence-electron chi connectivity index (χ2n) is 6.33. The lowest BCUT2D eigenvalue weighted by Crippen LogP contribution is -2.37. The summed E-state index contributed by atoms with van der Waals surface area (Å²) in [5.74, 6) is 1.42. The van der Waals surface area contributed by atoms with Gasteiger partial charge in [0.25, 0.3) is 0 Å². The number of rotatable bonds is 9. The molecule has 0 saturated carbocycles. The highest BCUT2D eigenvalue weighted by molar-refractivity contribution is 7.98. The molecule has 1 aromatic rings. The van der Waals surface area contributed by atoms with E-state index in [4.69, 9.17) is 9.47 Å². The molecule has 6 heteroatoms. The number of hydrogen-bond acceptors (Lipinski definition) is 4. The molecule has 0 spiro atoms. The van der Waals surface area contributed by atoms with Crippen molar-refractivity contribution < 1.29 is 9.47 Å². The summed E-state index contributed by atoms with van der Waals surface area (Å²) in [6.45, 7) is 7.08. The number of benzene rings is 1. The van der Waals surface area contributed by atoms with E-state index in [0.29, 0.717) is 5.92 Å². The summed E-state index contributed by atoms with van der Waals surface area (Å²) in [6.07, 6.45) is 4.21. The van der Waals surface area contributed by atoms with E-state index in [1.807, 2.05) is 0 Å². The molecule has 1 aliphatic rings. The van der Waals surface area contributed by atoms with Gasteiger partial charge in [0.15, 0.2) is 5.96 Å². The predicted molar refractivity (Wildman–Crippen MR) is 106 cm³/mol. The first-order chi connectivity index (χ1) is 12.2. The van der Waals surface area contributed by atoms with E-state index >= 15 is 0 Å². The van der Waals surface area contributed by atoms with Gasteiger partial charge in [0, 0.05) is 44.2 Å². The molecule has 1 fully saturated rings. The number of aryl methyl sites for hydroxylation is 1. The molecule has 2 rings (SSSR count). The van der Waals surface area contributed by atoms with E-state index in [1.54, 1.807) is 18.8 Å². The van der Waals surface area contributed by atoms with Crippen LogP contribution >= 0.6 is 11.8 Å². The van der Waals surface area contributed by atoms with Crippen LogP contribution in [0.4, 0.5) is 0 Å². The first-order valence-corrected chi connectivity index (χ1v) is 10.2. The Morgan fingerprint density at radius 2 is 2.28 bits per heavy atom. The van der Waals surface area contributed by atoms with Gasteiger partial charge >= 0.3 is 0 Å². The smallest absolute Gasteiger partial charge is 0.191 e. The predicted octanol–water partition coefficient (Wildman–Crippen LogP) is 2.83. The Morgan fingerprint density at radius 1 is 1.40 bits per heavy atom. The molecule has 0 amide bonds. The summed E-state index contributed by atoms with van der Waals surface area (Å²) >= 11 is 1.78. The topological polar surface area (TPSA) is 54.9 Å². The van der Waals surface area contributed by atoms with E-state index < -0.39 is 0 Å². The Balaban J connectivity index is 1.62. The third-order valence-electron chi connectivity index (χ3n) is 4.25. The zero-order valence-electron chi connectivity index (χ0n) is 15.6. The third kappa shape index (κ3) is 7.26. The third-order valence-corrected chi connectivity index (χ3v) is 5.07. The van der Waals surface area contributed by atoms with Crippen LogP contribution in [0.25, 0.3) is 0 Å². The van der Waals surface area contributed by atoms with E-state index in [0.717, 1.165) is 58.3 Å². The maximum Gasteiger partial charge on any atom is 0.191 e. The van der Waals surface area contributed by atoms with Gasteiger partial charge in [-0.25, -0.2) is 0 Å². The molecular weight excluding hydrogens is 334 g/mol. The summed E-state index contributed by atoms with van der Waals surface area (Å²) in [5.41, 5.74) is 2.59. The van der Waals surface area contributed by atoms with Crippen LogP contribution in [0.2, 0.25) is 0 Å². The molecule has 1 atom stereocenters. The first kappa shape index (κ1) is 20.1. The van der Waals surface area contributed by atoms with Crippen molar-refractivity contribution in [2.75, 3.05) is 46.3 Å². The van der Waals surface area contributed by atoms with Crippen LogP contribution in [0.15, 0.2) is 28.1 Å². The Morgan fingerprint density at radius 3 is 3.00 bits per heavy atom. The van der Waals surface area contributed by atoms with Crippen LogP contribution in [0, 0.1) is 12.8 Å². The van der Waals surface area contributed by atoms with Crippen LogP contribution < -0.4 is 10.6 Å². The summed E-state index contributed by atoms with van der Waals surface area (Å²) in [7, 11) is 1.80.